The number of anilines is 1. The maximum atomic E-state index is 13.0. The Bertz CT molecular complexity index is 1270. The molecule has 0 unspecified atom stereocenters. The fourth-order valence-corrected chi connectivity index (χ4v) is 4.66. The molecule has 0 aliphatic heterocycles. The smallest absolute Gasteiger partial charge is 0.419 e. The molecule has 0 spiro atoms. The molecule has 0 atom stereocenters. The largest absolute Gasteiger partial charge is 0.481 e. The third-order valence-corrected chi connectivity index (χ3v) is 6.79. The van der Waals surface area contributed by atoms with Crippen LogP contribution in [0.25, 0.3) is 5.69 Å². The maximum absolute atomic E-state index is 13.0. The van der Waals surface area contributed by atoms with Gasteiger partial charge in [0.1, 0.15) is 5.82 Å². The van der Waals surface area contributed by atoms with Gasteiger partial charge in [-0.1, -0.05) is 25.3 Å². The number of aryl methyl sites for hydroxylation is 1. The Morgan fingerprint density at radius 2 is 1.89 bits per heavy atom. The monoisotopic (exact) mass is 529 g/mol. The zero-order chi connectivity index (χ0) is 27.3. The summed E-state index contributed by atoms with van der Waals surface area (Å²) in [6.45, 7) is 2.51. The highest BCUT2D eigenvalue weighted by molar-refractivity contribution is 5.94. The average molecular weight is 530 g/mol. The van der Waals surface area contributed by atoms with Gasteiger partial charge in [0.25, 0.3) is 5.91 Å². The van der Waals surface area contributed by atoms with Gasteiger partial charge in [-0.25, -0.2) is 9.67 Å². The first-order chi connectivity index (χ1) is 18.1. The quantitative estimate of drug-likeness (QED) is 0.398. The number of aliphatic carboxylic acids is 1. The van der Waals surface area contributed by atoms with Crippen molar-refractivity contribution in [3.8, 4) is 5.69 Å². The van der Waals surface area contributed by atoms with E-state index in [1.165, 1.54) is 17.3 Å². The normalized spacial score (nSPS) is 14.3. The first-order valence-corrected chi connectivity index (χ1v) is 12.6. The standard InChI is InChI=1S/C27H30F3N5O3/c1-18-13-23(35-17-21(15-33-35)27(28,29)30)9-7-20(18)16-34(22-5-3-2-4-6-22)24-10-8-19(14-32-24)26(38)31-12-11-25(36)37/h7-10,13-15,17,22H,2-6,11-12,16H2,1H3,(H,31,38)(H,36,37). The van der Waals surface area contributed by atoms with Gasteiger partial charge in [-0.3, -0.25) is 9.59 Å². The minimum absolute atomic E-state index is 0.0371. The number of hydrogen-bond donors (Lipinski definition) is 2. The summed E-state index contributed by atoms with van der Waals surface area (Å²) in [6, 6.07) is 9.23. The van der Waals surface area contributed by atoms with E-state index < -0.39 is 17.7 Å². The summed E-state index contributed by atoms with van der Waals surface area (Å²) in [6.07, 6.45) is 4.13. The first kappa shape index (κ1) is 27.2. The van der Waals surface area contributed by atoms with Gasteiger partial charge in [-0.2, -0.15) is 18.3 Å². The zero-order valence-corrected chi connectivity index (χ0v) is 21.0. The third kappa shape index (κ3) is 6.70. The summed E-state index contributed by atoms with van der Waals surface area (Å²) < 4.78 is 40.2. The van der Waals surface area contributed by atoms with Crippen LogP contribution in [0.1, 0.15) is 65.6 Å². The molecule has 1 amide bonds. The van der Waals surface area contributed by atoms with Gasteiger partial charge in [-0.05, 0) is 55.2 Å². The number of rotatable bonds is 9. The van der Waals surface area contributed by atoms with Crippen molar-refractivity contribution >= 4 is 17.7 Å². The number of pyridine rings is 1. The first-order valence-electron chi connectivity index (χ1n) is 12.6. The highest BCUT2D eigenvalue weighted by Gasteiger charge is 2.32. The lowest BCUT2D eigenvalue weighted by molar-refractivity contribution is -0.138. The van der Waals surface area contributed by atoms with E-state index in [0.717, 1.165) is 55.0 Å². The van der Waals surface area contributed by atoms with Crippen molar-refractivity contribution in [2.45, 2.75) is 64.2 Å². The summed E-state index contributed by atoms with van der Waals surface area (Å²) in [7, 11) is 0. The van der Waals surface area contributed by atoms with Gasteiger partial charge in [0.2, 0.25) is 0 Å². The zero-order valence-electron chi connectivity index (χ0n) is 21.0. The minimum Gasteiger partial charge on any atom is -0.481 e. The molecule has 0 bridgehead atoms. The summed E-state index contributed by atoms with van der Waals surface area (Å²) >= 11 is 0. The number of hydrogen-bond acceptors (Lipinski definition) is 5. The Hall–Kier alpha value is -3.89. The minimum atomic E-state index is -4.45. The molecule has 0 radical (unpaired) electrons. The van der Waals surface area contributed by atoms with E-state index in [1.54, 1.807) is 18.2 Å². The molecule has 1 aromatic carbocycles. The lowest BCUT2D eigenvalue weighted by Gasteiger charge is -2.36. The van der Waals surface area contributed by atoms with Crippen molar-refractivity contribution in [1.82, 2.24) is 20.1 Å². The lowest BCUT2D eigenvalue weighted by atomic mass is 9.93. The number of benzene rings is 1. The van der Waals surface area contributed by atoms with Gasteiger partial charge in [0.05, 0.1) is 29.4 Å². The van der Waals surface area contributed by atoms with Crippen LogP contribution in [0.15, 0.2) is 48.9 Å². The third-order valence-electron chi connectivity index (χ3n) is 6.79. The number of alkyl halides is 3. The number of nitrogens with zero attached hydrogens (tertiary/aromatic N) is 4. The fourth-order valence-electron chi connectivity index (χ4n) is 4.66. The fraction of sp³-hybridized carbons (Fsp3) is 0.407. The molecule has 3 aromatic rings. The summed E-state index contributed by atoms with van der Waals surface area (Å²) in [5.41, 5.74) is 2.03. The molecule has 1 aliphatic carbocycles. The summed E-state index contributed by atoms with van der Waals surface area (Å²) in [5, 5.41) is 15.2. The Kier molecular flexibility index (Phi) is 8.33. The molecule has 2 heterocycles. The number of carbonyl (C=O) groups is 2. The molecule has 11 heteroatoms. The van der Waals surface area contributed by atoms with Crippen LogP contribution >= 0.6 is 0 Å². The van der Waals surface area contributed by atoms with E-state index in [2.05, 4.69) is 20.3 Å². The molecule has 1 aliphatic rings. The average Bonchev–Trinajstić information content (AvgIpc) is 3.40. The van der Waals surface area contributed by atoms with Crippen LogP contribution in [-0.4, -0.2) is 44.3 Å². The van der Waals surface area contributed by atoms with Crippen LogP contribution in [0, 0.1) is 6.92 Å². The molecule has 1 saturated carbocycles. The second-order valence-electron chi connectivity index (χ2n) is 9.51. The molecule has 202 valence electrons. The molecule has 4 rings (SSSR count). The summed E-state index contributed by atoms with van der Waals surface area (Å²) in [5.74, 6) is -0.640. The second kappa shape index (κ2) is 11.7. The van der Waals surface area contributed by atoms with Crippen LogP contribution in [0.4, 0.5) is 19.0 Å². The molecule has 2 aromatic heterocycles. The van der Waals surface area contributed by atoms with Crippen molar-refractivity contribution < 1.29 is 27.9 Å². The molecular formula is C27H30F3N5O3. The number of carboxylic acids is 1. The van der Waals surface area contributed by atoms with Gasteiger partial charge in [0, 0.05) is 31.5 Å². The Balaban J connectivity index is 1.53. The van der Waals surface area contributed by atoms with Crippen molar-refractivity contribution in [1.29, 1.82) is 0 Å². The summed E-state index contributed by atoms with van der Waals surface area (Å²) in [4.78, 5) is 29.8. The Labute approximate surface area is 218 Å². The topological polar surface area (TPSA) is 100 Å². The van der Waals surface area contributed by atoms with E-state index in [0.29, 0.717) is 17.8 Å². The molecule has 1 fully saturated rings. The highest BCUT2D eigenvalue weighted by atomic mass is 19.4. The number of carbonyl (C=O) groups excluding carboxylic acids is 1. The van der Waals surface area contributed by atoms with Crippen molar-refractivity contribution in [2.24, 2.45) is 0 Å². The van der Waals surface area contributed by atoms with Crippen LogP contribution in [0.5, 0.6) is 0 Å². The van der Waals surface area contributed by atoms with E-state index in [9.17, 15) is 22.8 Å². The van der Waals surface area contributed by atoms with Crippen LogP contribution in [-0.2, 0) is 17.5 Å². The van der Waals surface area contributed by atoms with Gasteiger partial charge < -0.3 is 15.3 Å². The van der Waals surface area contributed by atoms with Crippen LogP contribution in [0.3, 0.4) is 0 Å². The molecular weight excluding hydrogens is 499 g/mol. The number of nitrogens with one attached hydrogen (secondary N) is 1. The lowest BCUT2D eigenvalue weighted by Crippen LogP contribution is -2.37. The van der Waals surface area contributed by atoms with Crippen LogP contribution in [0.2, 0.25) is 0 Å². The predicted octanol–water partition coefficient (Wildman–Crippen LogP) is 5.14. The van der Waals surface area contributed by atoms with Gasteiger partial charge >= 0.3 is 12.1 Å². The number of carboxylic acid groups (broad SMARTS) is 1. The van der Waals surface area contributed by atoms with E-state index in [4.69, 9.17) is 5.11 Å². The van der Waals surface area contributed by atoms with E-state index in [-0.39, 0.29) is 24.9 Å². The number of halogens is 3. The number of amides is 1. The van der Waals surface area contributed by atoms with Crippen molar-refractivity contribution in [3.63, 3.8) is 0 Å². The maximum Gasteiger partial charge on any atom is 0.419 e. The highest BCUT2D eigenvalue weighted by Crippen LogP contribution is 2.31. The Morgan fingerprint density at radius 3 is 2.50 bits per heavy atom. The molecule has 2 N–H and O–H groups in total. The SMILES string of the molecule is Cc1cc(-n2cc(C(F)(F)F)cn2)ccc1CN(c1ccc(C(=O)NCCC(=O)O)cn1)C1CCCCC1. The van der Waals surface area contributed by atoms with Gasteiger partial charge in [-0.15, -0.1) is 0 Å². The van der Waals surface area contributed by atoms with Crippen molar-refractivity contribution in [3.05, 3.63) is 71.2 Å². The molecule has 8 nitrogen and oxygen atoms in total. The van der Waals surface area contributed by atoms with E-state index >= 15 is 0 Å². The van der Waals surface area contributed by atoms with Crippen molar-refractivity contribution in [2.75, 3.05) is 11.4 Å². The molecule has 38 heavy (non-hydrogen) atoms. The second-order valence-corrected chi connectivity index (χ2v) is 9.51. The van der Waals surface area contributed by atoms with Gasteiger partial charge in [0.15, 0.2) is 0 Å². The van der Waals surface area contributed by atoms with E-state index in [1.807, 2.05) is 19.1 Å². The predicted molar refractivity (Wildman–Crippen MR) is 135 cm³/mol. The van der Waals surface area contributed by atoms with Crippen LogP contribution < -0.4 is 10.2 Å². The Morgan fingerprint density at radius 1 is 1.13 bits per heavy atom. The number of aromatic nitrogens is 3. The molecule has 0 saturated heterocycles.